The molecule has 0 aliphatic carbocycles. The summed E-state index contributed by atoms with van der Waals surface area (Å²) in [6.07, 6.45) is 3.85. The predicted molar refractivity (Wildman–Crippen MR) is 88.5 cm³/mol. The lowest BCUT2D eigenvalue weighted by molar-refractivity contribution is -0.122. The quantitative estimate of drug-likeness (QED) is 0.779. The van der Waals surface area contributed by atoms with Crippen LogP contribution in [-0.4, -0.2) is 15.5 Å². The van der Waals surface area contributed by atoms with Gasteiger partial charge < -0.3 is 9.73 Å². The first-order chi connectivity index (χ1) is 11.1. The molecule has 0 spiro atoms. The molecule has 0 bridgehead atoms. The highest BCUT2D eigenvalue weighted by Gasteiger charge is 2.14. The number of furan rings is 1. The van der Waals surface area contributed by atoms with Crippen LogP contribution in [0, 0.1) is 0 Å². The topological polar surface area (TPSA) is 77.1 Å². The van der Waals surface area contributed by atoms with Crippen molar-refractivity contribution >= 4 is 27.5 Å². The number of hydrogen-bond donors (Lipinski definition) is 1. The lowest BCUT2D eigenvalue weighted by atomic mass is 10.2. The number of rotatable bonds is 5. The van der Waals surface area contributed by atoms with Crippen LogP contribution in [0.1, 0.15) is 30.5 Å². The molecule has 0 aromatic carbocycles. The molecule has 3 rings (SSSR count). The van der Waals surface area contributed by atoms with Gasteiger partial charge in [0.05, 0.1) is 24.0 Å². The zero-order valence-electron chi connectivity index (χ0n) is 12.9. The maximum atomic E-state index is 12.4. The van der Waals surface area contributed by atoms with Gasteiger partial charge >= 0.3 is 0 Å². The van der Waals surface area contributed by atoms with Gasteiger partial charge in [-0.3, -0.25) is 14.2 Å². The molecule has 3 heterocycles. The van der Waals surface area contributed by atoms with Crippen molar-refractivity contribution in [3.63, 3.8) is 0 Å². The second kappa shape index (κ2) is 6.37. The second-order valence-electron chi connectivity index (χ2n) is 5.27. The van der Waals surface area contributed by atoms with E-state index >= 15 is 0 Å². The van der Waals surface area contributed by atoms with Crippen LogP contribution in [0.25, 0.3) is 10.2 Å². The van der Waals surface area contributed by atoms with Gasteiger partial charge in [0.25, 0.3) is 5.56 Å². The third kappa shape index (κ3) is 3.19. The van der Waals surface area contributed by atoms with E-state index < -0.39 is 0 Å². The molecule has 120 valence electrons. The maximum Gasteiger partial charge on any atom is 0.262 e. The highest BCUT2D eigenvalue weighted by Crippen LogP contribution is 2.21. The van der Waals surface area contributed by atoms with Gasteiger partial charge in [0.2, 0.25) is 5.91 Å². The van der Waals surface area contributed by atoms with Crippen LogP contribution in [-0.2, 0) is 17.8 Å². The Morgan fingerprint density at radius 3 is 3.04 bits per heavy atom. The van der Waals surface area contributed by atoms with Gasteiger partial charge in [-0.25, -0.2) is 4.98 Å². The average Bonchev–Trinajstić information content (AvgIpc) is 3.19. The van der Waals surface area contributed by atoms with Crippen LogP contribution in [0.3, 0.4) is 0 Å². The van der Waals surface area contributed by atoms with Gasteiger partial charge in [-0.1, -0.05) is 6.92 Å². The van der Waals surface area contributed by atoms with Crippen LogP contribution in [0.4, 0.5) is 0 Å². The molecule has 3 aromatic heterocycles. The van der Waals surface area contributed by atoms with Gasteiger partial charge in [0.15, 0.2) is 0 Å². The summed E-state index contributed by atoms with van der Waals surface area (Å²) in [6, 6.07) is 5.16. The van der Waals surface area contributed by atoms with E-state index in [1.807, 2.05) is 19.9 Å². The average molecular weight is 331 g/mol. The van der Waals surface area contributed by atoms with Crippen LogP contribution < -0.4 is 10.9 Å². The number of nitrogens with zero attached hydrogens (tertiary/aromatic N) is 2. The standard InChI is InChI=1S/C16H17N3O3S/c1-3-11-7-12-15(23-11)17-9-19(16(12)21)8-14(20)18-10(2)13-5-4-6-22-13/h4-7,9-10H,3,8H2,1-2H3,(H,18,20). The summed E-state index contributed by atoms with van der Waals surface area (Å²) in [7, 11) is 0. The third-order valence-corrected chi connectivity index (χ3v) is 4.77. The van der Waals surface area contributed by atoms with E-state index in [4.69, 9.17) is 4.42 Å². The number of aromatic nitrogens is 2. The first-order valence-electron chi connectivity index (χ1n) is 7.39. The molecule has 6 nitrogen and oxygen atoms in total. The molecule has 3 aromatic rings. The molecule has 0 radical (unpaired) electrons. The molecule has 0 saturated carbocycles. The third-order valence-electron chi connectivity index (χ3n) is 3.58. The Labute approximate surface area is 136 Å². The Bertz CT molecular complexity index is 880. The summed E-state index contributed by atoms with van der Waals surface area (Å²) in [5.41, 5.74) is -0.188. The summed E-state index contributed by atoms with van der Waals surface area (Å²) in [4.78, 5) is 30.7. The van der Waals surface area contributed by atoms with Gasteiger partial charge in [-0.05, 0) is 31.5 Å². The first kappa shape index (κ1) is 15.5. The zero-order valence-corrected chi connectivity index (χ0v) is 13.7. The van der Waals surface area contributed by atoms with Gasteiger partial charge in [0, 0.05) is 4.88 Å². The fourth-order valence-electron chi connectivity index (χ4n) is 2.35. The summed E-state index contributed by atoms with van der Waals surface area (Å²) in [6.45, 7) is 3.80. The van der Waals surface area contributed by atoms with Crippen molar-refractivity contribution in [2.24, 2.45) is 0 Å². The Morgan fingerprint density at radius 1 is 1.52 bits per heavy atom. The van der Waals surface area contributed by atoms with Gasteiger partial charge in [-0.15, -0.1) is 11.3 Å². The summed E-state index contributed by atoms with van der Waals surface area (Å²) in [5, 5.41) is 3.38. The molecule has 0 aliphatic rings. The summed E-state index contributed by atoms with van der Waals surface area (Å²) < 4.78 is 6.58. The highest BCUT2D eigenvalue weighted by molar-refractivity contribution is 7.18. The van der Waals surface area contributed by atoms with E-state index in [0.29, 0.717) is 16.0 Å². The van der Waals surface area contributed by atoms with E-state index in [1.54, 1.807) is 18.4 Å². The number of fused-ring (bicyclic) bond motifs is 1. The van der Waals surface area contributed by atoms with Gasteiger partial charge in [0.1, 0.15) is 17.1 Å². The Balaban J connectivity index is 1.77. The summed E-state index contributed by atoms with van der Waals surface area (Å²) in [5.74, 6) is 0.410. The molecule has 0 aliphatic heterocycles. The van der Waals surface area contributed by atoms with E-state index in [9.17, 15) is 9.59 Å². The van der Waals surface area contributed by atoms with Crippen molar-refractivity contribution in [1.82, 2.24) is 14.9 Å². The number of carbonyl (C=O) groups is 1. The molecule has 7 heteroatoms. The second-order valence-corrected chi connectivity index (χ2v) is 6.38. The van der Waals surface area contributed by atoms with Gasteiger partial charge in [-0.2, -0.15) is 0 Å². The van der Waals surface area contributed by atoms with Crippen molar-refractivity contribution in [1.29, 1.82) is 0 Å². The van der Waals surface area contributed by atoms with Crippen molar-refractivity contribution in [2.45, 2.75) is 32.9 Å². The molecule has 1 atom stereocenters. The van der Waals surface area contributed by atoms with Crippen molar-refractivity contribution in [3.8, 4) is 0 Å². The maximum absolute atomic E-state index is 12.4. The van der Waals surface area contributed by atoms with Crippen molar-refractivity contribution in [2.75, 3.05) is 0 Å². The monoisotopic (exact) mass is 331 g/mol. The Hall–Kier alpha value is -2.41. The smallest absolute Gasteiger partial charge is 0.262 e. The minimum Gasteiger partial charge on any atom is -0.467 e. The number of hydrogen-bond acceptors (Lipinski definition) is 5. The van der Waals surface area contributed by atoms with E-state index in [0.717, 1.165) is 11.3 Å². The molecular formula is C16H17N3O3S. The van der Waals surface area contributed by atoms with Crippen LogP contribution in [0.5, 0.6) is 0 Å². The number of carbonyl (C=O) groups excluding carboxylic acids is 1. The fraction of sp³-hybridized carbons (Fsp3) is 0.312. The van der Waals surface area contributed by atoms with E-state index in [2.05, 4.69) is 10.3 Å². The lowest BCUT2D eigenvalue weighted by Gasteiger charge is -2.12. The molecule has 23 heavy (non-hydrogen) atoms. The first-order valence-corrected chi connectivity index (χ1v) is 8.20. The zero-order chi connectivity index (χ0) is 16.4. The Morgan fingerprint density at radius 2 is 2.35 bits per heavy atom. The molecular weight excluding hydrogens is 314 g/mol. The number of thiophene rings is 1. The minimum atomic E-state index is -0.261. The van der Waals surface area contributed by atoms with Crippen LogP contribution in [0.15, 0.2) is 40.0 Å². The lowest BCUT2D eigenvalue weighted by Crippen LogP contribution is -2.33. The summed E-state index contributed by atoms with van der Waals surface area (Å²) >= 11 is 1.51. The van der Waals surface area contributed by atoms with Crippen molar-refractivity contribution in [3.05, 3.63) is 51.8 Å². The van der Waals surface area contributed by atoms with E-state index in [-0.39, 0.29) is 24.1 Å². The number of amides is 1. The fourth-order valence-corrected chi connectivity index (χ4v) is 3.27. The molecule has 1 N–H and O–H groups in total. The SMILES string of the molecule is CCc1cc2c(=O)n(CC(=O)NC(C)c3ccco3)cnc2s1. The van der Waals surface area contributed by atoms with Crippen LogP contribution in [0.2, 0.25) is 0 Å². The van der Waals surface area contributed by atoms with Crippen molar-refractivity contribution < 1.29 is 9.21 Å². The predicted octanol–water partition coefficient (Wildman–Crippen LogP) is 2.49. The minimum absolute atomic E-state index is 0.0654. The highest BCUT2D eigenvalue weighted by atomic mass is 32.1. The molecule has 0 fully saturated rings. The Kier molecular flexibility index (Phi) is 4.29. The molecule has 1 unspecified atom stereocenters. The van der Waals surface area contributed by atoms with E-state index in [1.165, 1.54) is 22.2 Å². The largest absolute Gasteiger partial charge is 0.467 e. The van der Waals surface area contributed by atoms with Crippen LogP contribution >= 0.6 is 11.3 Å². The number of aryl methyl sites for hydroxylation is 1. The molecule has 1 amide bonds. The normalized spacial score (nSPS) is 12.4. The number of nitrogens with one attached hydrogen (secondary N) is 1. The molecule has 0 saturated heterocycles.